The third kappa shape index (κ3) is 4.17. The van der Waals surface area contributed by atoms with Crippen LogP contribution in [-0.2, 0) is 6.54 Å². The lowest BCUT2D eigenvalue weighted by Gasteiger charge is -2.39. The van der Waals surface area contributed by atoms with Crippen LogP contribution in [0.3, 0.4) is 0 Å². The Balaban J connectivity index is 1.26. The maximum absolute atomic E-state index is 5.61. The molecule has 1 fully saturated rings. The molecule has 2 heterocycles. The standard InChI is InChI=1S/C21H25N3O2S/c1-16(18-5-3-2-4-6-18)23-9-11-24(12-10-23)21(27)22-14-17-7-8-19-20(13-17)26-15-25-19/h2-8,13,16H,9-12,14-15H2,1H3,(H,22,27). The Hall–Kier alpha value is -2.31. The van der Waals surface area contributed by atoms with Crippen molar-refractivity contribution in [2.75, 3.05) is 33.0 Å². The largest absolute Gasteiger partial charge is 0.454 e. The molecule has 27 heavy (non-hydrogen) atoms. The molecule has 0 radical (unpaired) electrons. The number of rotatable bonds is 4. The fraction of sp³-hybridized carbons (Fsp3) is 0.381. The molecule has 6 heteroatoms. The summed E-state index contributed by atoms with van der Waals surface area (Å²) < 4.78 is 10.8. The van der Waals surface area contributed by atoms with Gasteiger partial charge in [0.05, 0.1) is 0 Å². The minimum Gasteiger partial charge on any atom is -0.454 e. The van der Waals surface area contributed by atoms with Gasteiger partial charge in [-0.15, -0.1) is 0 Å². The lowest BCUT2D eigenvalue weighted by Crippen LogP contribution is -2.51. The Morgan fingerprint density at radius 2 is 1.78 bits per heavy atom. The van der Waals surface area contributed by atoms with E-state index in [0.717, 1.165) is 48.4 Å². The predicted octanol–water partition coefficient (Wildman–Crippen LogP) is 3.17. The molecule has 0 spiro atoms. The van der Waals surface area contributed by atoms with Gasteiger partial charge in [0, 0.05) is 38.8 Å². The molecule has 0 saturated carbocycles. The summed E-state index contributed by atoms with van der Waals surface area (Å²) in [5.74, 6) is 1.62. The molecule has 142 valence electrons. The third-order valence-electron chi connectivity index (χ3n) is 5.31. The van der Waals surface area contributed by atoms with Gasteiger partial charge in [-0.3, -0.25) is 4.90 Å². The Morgan fingerprint density at radius 3 is 2.56 bits per heavy atom. The summed E-state index contributed by atoms with van der Waals surface area (Å²) in [5.41, 5.74) is 2.51. The molecular weight excluding hydrogens is 358 g/mol. The lowest BCUT2D eigenvalue weighted by atomic mass is 10.1. The molecule has 0 aromatic heterocycles. The highest BCUT2D eigenvalue weighted by molar-refractivity contribution is 7.80. The first-order valence-corrected chi connectivity index (χ1v) is 9.82. The van der Waals surface area contributed by atoms with Crippen LogP contribution in [0.4, 0.5) is 0 Å². The molecule has 1 atom stereocenters. The number of hydrogen-bond donors (Lipinski definition) is 1. The number of nitrogens with one attached hydrogen (secondary N) is 1. The molecule has 0 aliphatic carbocycles. The van der Waals surface area contributed by atoms with Crippen molar-refractivity contribution < 1.29 is 9.47 Å². The zero-order valence-electron chi connectivity index (χ0n) is 15.6. The number of nitrogens with zero attached hydrogens (tertiary/aromatic N) is 2. The van der Waals surface area contributed by atoms with Gasteiger partial charge in [-0.05, 0) is 42.4 Å². The quantitative estimate of drug-likeness (QED) is 0.818. The van der Waals surface area contributed by atoms with Crippen LogP contribution in [0.5, 0.6) is 11.5 Å². The second-order valence-electron chi connectivity index (χ2n) is 6.96. The Labute approximate surface area is 165 Å². The first-order valence-electron chi connectivity index (χ1n) is 9.41. The molecule has 1 unspecified atom stereocenters. The van der Waals surface area contributed by atoms with Gasteiger partial charge in [-0.1, -0.05) is 36.4 Å². The highest BCUT2D eigenvalue weighted by atomic mass is 32.1. The minimum absolute atomic E-state index is 0.302. The van der Waals surface area contributed by atoms with Gasteiger partial charge in [0.2, 0.25) is 6.79 Å². The monoisotopic (exact) mass is 383 g/mol. The topological polar surface area (TPSA) is 37.0 Å². The Kier molecular flexibility index (Phi) is 5.45. The average molecular weight is 384 g/mol. The van der Waals surface area contributed by atoms with E-state index in [0.29, 0.717) is 19.4 Å². The zero-order chi connectivity index (χ0) is 18.6. The second-order valence-corrected chi connectivity index (χ2v) is 7.34. The Bertz CT molecular complexity index is 791. The van der Waals surface area contributed by atoms with Crippen molar-refractivity contribution in [2.45, 2.75) is 19.5 Å². The fourth-order valence-corrected chi connectivity index (χ4v) is 3.85. The lowest BCUT2D eigenvalue weighted by molar-refractivity contribution is 0.140. The van der Waals surface area contributed by atoms with Crippen LogP contribution in [0.25, 0.3) is 0 Å². The molecule has 2 aliphatic heterocycles. The van der Waals surface area contributed by atoms with Crippen LogP contribution in [0.15, 0.2) is 48.5 Å². The van der Waals surface area contributed by atoms with Crippen LogP contribution in [-0.4, -0.2) is 47.9 Å². The van der Waals surface area contributed by atoms with E-state index in [4.69, 9.17) is 21.7 Å². The normalized spacial score (nSPS) is 17.6. The van der Waals surface area contributed by atoms with Crippen molar-refractivity contribution in [1.29, 1.82) is 0 Å². The summed E-state index contributed by atoms with van der Waals surface area (Å²) >= 11 is 5.61. The van der Waals surface area contributed by atoms with Crippen molar-refractivity contribution in [3.8, 4) is 11.5 Å². The summed E-state index contributed by atoms with van der Waals surface area (Å²) in [5, 5.41) is 4.20. The van der Waals surface area contributed by atoms with Crippen molar-refractivity contribution in [1.82, 2.24) is 15.1 Å². The SMILES string of the molecule is CC(c1ccccc1)N1CCN(C(=S)NCc2ccc3c(c2)OCO3)CC1. The first kappa shape index (κ1) is 18.1. The first-order chi connectivity index (χ1) is 13.2. The summed E-state index contributed by atoms with van der Waals surface area (Å²) in [4.78, 5) is 4.78. The summed E-state index contributed by atoms with van der Waals surface area (Å²) in [6, 6.07) is 17.1. The van der Waals surface area contributed by atoms with Crippen LogP contribution >= 0.6 is 12.2 Å². The van der Waals surface area contributed by atoms with E-state index in [9.17, 15) is 0 Å². The van der Waals surface area contributed by atoms with Gasteiger partial charge >= 0.3 is 0 Å². The van der Waals surface area contributed by atoms with Crippen molar-refractivity contribution in [3.05, 3.63) is 59.7 Å². The molecular formula is C21H25N3O2S. The van der Waals surface area contributed by atoms with Crippen molar-refractivity contribution >= 4 is 17.3 Å². The molecule has 4 rings (SSSR count). The average Bonchev–Trinajstić information content (AvgIpc) is 3.20. The van der Waals surface area contributed by atoms with E-state index in [1.807, 2.05) is 18.2 Å². The van der Waals surface area contributed by atoms with E-state index >= 15 is 0 Å². The molecule has 5 nitrogen and oxygen atoms in total. The number of hydrogen-bond acceptors (Lipinski definition) is 4. The highest BCUT2D eigenvalue weighted by Crippen LogP contribution is 2.32. The van der Waals surface area contributed by atoms with E-state index in [1.54, 1.807) is 0 Å². The summed E-state index contributed by atoms with van der Waals surface area (Å²) in [6.07, 6.45) is 0. The molecule has 2 aliphatic rings. The van der Waals surface area contributed by atoms with Crippen LogP contribution < -0.4 is 14.8 Å². The summed E-state index contributed by atoms with van der Waals surface area (Å²) in [7, 11) is 0. The summed E-state index contributed by atoms with van der Waals surface area (Å²) in [6.45, 7) is 7.20. The smallest absolute Gasteiger partial charge is 0.231 e. The molecule has 2 aromatic carbocycles. The number of ether oxygens (including phenoxy) is 2. The van der Waals surface area contributed by atoms with Gasteiger partial charge in [0.1, 0.15) is 0 Å². The maximum Gasteiger partial charge on any atom is 0.231 e. The molecule has 0 bridgehead atoms. The van der Waals surface area contributed by atoms with E-state index < -0.39 is 0 Å². The van der Waals surface area contributed by atoms with Crippen LogP contribution in [0.2, 0.25) is 0 Å². The van der Waals surface area contributed by atoms with Gasteiger partial charge in [0.25, 0.3) is 0 Å². The molecule has 1 saturated heterocycles. The molecule has 1 N–H and O–H groups in total. The number of piperazine rings is 1. The Morgan fingerprint density at radius 1 is 1.04 bits per heavy atom. The molecule has 2 aromatic rings. The number of fused-ring (bicyclic) bond motifs is 1. The van der Waals surface area contributed by atoms with Gasteiger partial charge < -0.3 is 19.7 Å². The predicted molar refractivity (Wildman–Crippen MR) is 110 cm³/mol. The van der Waals surface area contributed by atoms with Gasteiger partial charge in [-0.25, -0.2) is 0 Å². The van der Waals surface area contributed by atoms with Gasteiger partial charge in [-0.2, -0.15) is 0 Å². The fourth-order valence-electron chi connectivity index (χ4n) is 3.60. The number of thiocarbonyl (C=S) groups is 1. The minimum atomic E-state index is 0.302. The maximum atomic E-state index is 5.61. The zero-order valence-corrected chi connectivity index (χ0v) is 16.4. The van der Waals surface area contributed by atoms with Crippen LogP contribution in [0, 0.1) is 0 Å². The van der Waals surface area contributed by atoms with Gasteiger partial charge in [0.15, 0.2) is 16.6 Å². The van der Waals surface area contributed by atoms with Crippen molar-refractivity contribution in [2.24, 2.45) is 0 Å². The van der Waals surface area contributed by atoms with Crippen LogP contribution in [0.1, 0.15) is 24.1 Å². The number of benzene rings is 2. The highest BCUT2D eigenvalue weighted by Gasteiger charge is 2.23. The molecule has 0 amide bonds. The third-order valence-corrected chi connectivity index (χ3v) is 5.71. The van der Waals surface area contributed by atoms with E-state index in [1.165, 1.54) is 5.56 Å². The van der Waals surface area contributed by atoms with E-state index in [2.05, 4.69) is 52.4 Å². The van der Waals surface area contributed by atoms with E-state index in [-0.39, 0.29) is 0 Å². The second kappa shape index (κ2) is 8.15. The van der Waals surface area contributed by atoms with Crippen molar-refractivity contribution in [3.63, 3.8) is 0 Å².